The molecule has 0 atom stereocenters. The van der Waals surface area contributed by atoms with Crippen LogP contribution in [0.3, 0.4) is 0 Å². The van der Waals surface area contributed by atoms with Crippen LogP contribution in [0.5, 0.6) is 0 Å². The number of aryl methyl sites for hydroxylation is 1. The molecule has 1 amide bonds. The third-order valence-corrected chi connectivity index (χ3v) is 4.18. The van der Waals surface area contributed by atoms with E-state index in [0.717, 1.165) is 17.8 Å². The van der Waals surface area contributed by atoms with Crippen LogP contribution >= 0.6 is 34.5 Å². The number of aromatic nitrogens is 2. The van der Waals surface area contributed by atoms with Crippen molar-refractivity contribution in [2.24, 2.45) is 0 Å². The van der Waals surface area contributed by atoms with Crippen LogP contribution < -0.4 is 5.32 Å². The average Bonchev–Trinajstić information content (AvgIpc) is 2.82. The number of benzene rings is 1. The van der Waals surface area contributed by atoms with Gasteiger partial charge in [0.25, 0.3) is 0 Å². The number of nitrogens with zero attached hydrogens (tertiary/aromatic N) is 2. The van der Waals surface area contributed by atoms with E-state index in [1.165, 1.54) is 11.3 Å². The molecule has 4 nitrogen and oxygen atoms in total. The minimum atomic E-state index is -0.209. The molecule has 106 valence electrons. The molecule has 0 aliphatic heterocycles. The summed E-state index contributed by atoms with van der Waals surface area (Å²) in [7, 11) is 0. The lowest BCUT2D eigenvalue weighted by atomic mass is 10.1. The Kier molecular flexibility index (Phi) is 5.34. The minimum Gasteiger partial charge on any atom is -0.300 e. The molecule has 0 spiro atoms. The van der Waals surface area contributed by atoms with Gasteiger partial charge in [0.05, 0.1) is 6.42 Å². The minimum absolute atomic E-state index is 0.112. The number of nitrogens with one attached hydrogen (secondary N) is 1. The molecule has 0 fully saturated rings. The van der Waals surface area contributed by atoms with Crippen LogP contribution in [0.1, 0.15) is 23.9 Å². The van der Waals surface area contributed by atoms with E-state index < -0.39 is 0 Å². The second kappa shape index (κ2) is 7.02. The zero-order chi connectivity index (χ0) is 14.5. The highest BCUT2D eigenvalue weighted by Gasteiger charge is 2.13. The van der Waals surface area contributed by atoms with Crippen molar-refractivity contribution >= 4 is 45.6 Å². The molecule has 0 saturated heterocycles. The Morgan fingerprint density at radius 2 is 2.00 bits per heavy atom. The van der Waals surface area contributed by atoms with Crippen molar-refractivity contribution in [3.63, 3.8) is 0 Å². The first-order chi connectivity index (χ1) is 9.60. The summed E-state index contributed by atoms with van der Waals surface area (Å²) >= 11 is 13.4. The lowest BCUT2D eigenvalue weighted by Crippen LogP contribution is -2.14. The first-order valence-electron chi connectivity index (χ1n) is 6.15. The molecule has 0 bridgehead atoms. The Morgan fingerprint density at radius 3 is 2.65 bits per heavy atom. The standard InChI is InChI=1S/C13H13Cl2N3OS/c1-2-4-12-17-18-13(20-12)16-11(19)7-8-9(14)5-3-6-10(8)15/h3,5-6H,2,4,7H2,1H3,(H,16,18,19). The van der Waals surface area contributed by atoms with Crippen molar-refractivity contribution in [2.75, 3.05) is 5.32 Å². The lowest BCUT2D eigenvalue weighted by molar-refractivity contribution is -0.115. The van der Waals surface area contributed by atoms with Crippen molar-refractivity contribution in [1.82, 2.24) is 10.2 Å². The lowest BCUT2D eigenvalue weighted by Gasteiger charge is -2.06. The number of carbonyl (C=O) groups is 1. The van der Waals surface area contributed by atoms with E-state index in [-0.39, 0.29) is 12.3 Å². The summed E-state index contributed by atoms with van der Waals surface area (Å²) in [5.41, 5.74) is 0.617. The predicted octanol–water partition coefficient (Wildman–Crippen LogP) is 3.98. The van der Waals surface area contributed by atoms with Crippen LogP contribution in [0.15, 0.2) is 18.2 Å². The average molecular weight is 330 g/mol. The monoisotopic (exact) mass is 329 g/mol. The summed E-state index contributed by atoms with van der Waals surface area (Å²) < 4.78 is 0. The van der Waals surface area contributed by atoms with Crippen LogP contribution in [0.4, 0.5) is 5.13 Å². The van der Waals surface area contributed by atoms with Crippen LogP contribution in [-0.4, -0.2) is 16.1 Å². The van der Waals surface area contributed by atoms with Gasteiger partial charge in [-0.15, -0.1) is 10.2 Å². The van der Waals surface area contributed by atoms with Crippen molar-refractivity contribution in [3.05, 3.63) is 38.8 Å². The Hall–Kier alpha value is -1.17. The van der Waals surface area contributed by atoms with E-state index in [4.69, 9.17) is 23.2 Å². The van der Waals surface area contributed by atoms with Crippen molar-refractivity contribution in [1.29, 1.82) is 0 Å². The fraction of sp³-hybridized carbons (Fsp3) is 0.308. The molecule has 2 aromatic rings. The van der Waals surface area contributed by atoms with Gasteiger partial charge in [-0.2, -0.15) is 0 Å². The van der Waals surface area contributed by atoms with Crippen molar-refractivity contribution in [2.45, 2.75) is 26.2 Å². The maximum Gasteiger partial charge on any atom is 0.230 e. The van der Waals surface area contributed by atoms with Crippen LogP contribution in [0, 0.1) is 0 Å². The summed E-state index contributed by atoms with van der Waals surface area (Å²) in [6.45, 7) is 2.07. The van der Waals surface area contributed by atoms with Gasteiger partial charge in [-0.1, -0.05) is 47.5 Å². The molecule has 2 rings (SSSR count). The molecule has 7 heteroatoms. The molecule has 20 heavy (non-hydrogen) atoms. The SMILES string of the molecule is CCCc1nnc(NC(=O)Cc2c(Cl)cccc2Cl)s1. The highest BCUT2D eigenvalue weighted by Crippen LogP contribution is 2.25. The molecule has 0 aliphatic rings. The van der Waals surface area contributed by atoms with Gasteiger partial charge in [0.2, 0.25) is 11.0 Å². The number of anilines is 1. The van der Waals surface area contributed by atoms with E-state index in [1.807, 2.05) is 0 Å². The highest BCUT2D eigenvalue weighted by molar-refractivity contribution is 7.15. The number of hydrogen-bond donors (Lipinski definition) is 1. The molecule has 0 radical (unpaired) electrons. The summed E-state index contributed by atoms with van der Waals surface area (Å²) in [6, 6.07) is 5.16. The third-order valence-electron chi connectivity index (χ3n) is 2.58. The molecule has 1 N–H and O–H groups in total. The number of amides is 1. The molecule has 1 aromatic carbocycles. The topological polar surface area (TPSA) is 54.9 Å². The smallest absolute Gasteiger partial charge is 0.230 e. The van der Waals surface area contributed by atoms with Gasteiger partial charge in [0, 0.05) is 16.5 Å². The largest absolute Gasteiger partial charge is 0.300 e. The highest BCUT2D eigenvalue weighted by atomic mass is 35.5. The molecule has 0 saturated carbocycles. The zero-order valence-electron chi connectivity index (χ0n) is 10.8. The second-order valence-corrected chi connectivity index (χ2v) is 6.05. The first kappa shape index (κ1) is 15.2. The quantitative estimate of drug-likeness (QED) is 0.902. The number of halogens is 2. The van der Waals surface area contributed by atoms with E-state index in [1.54, 1.807) is 18.2 Å². The molecule has 0 aliphatic carbocycles. The van der Waals surface area contributed by atoms with Crippen LogP contribution in [0.25, 0.3) is 0 Å². The van der Waals surface area contributed by atoms with Crippen LogP contribution in [-0.2, 0) is 17.6 Å². The zero-order valence-corrected chi connectivity index (χ0v) is 13.1. The summed E-state index contributed by atoms with van der Waals surface area (Å²) in [5.74, 6) is -0.209. The molecule has 1 heterocycles. The number of carbonyl (C=O) groups excluding carboxylic acids is 1. The van der Waals surface area contributed by atoms with Gasteiger partial charge in [-0.3, -0.25) is 4.79 Å². The van der Waals surface area contributed by atoms with Gasteiger partial charge < -0.3 is 5.32 Å². The van der Waals surface area contributed by atoms with E-state index >= 15 is 0 Å². The predicted molar refractivity (Wildman–Crippen MR) is 82.7 cm³/mol. The molecule has 1 aromatic heterocycles. The Labute approximate surface area is 131 Å². The van der Waals surface area contributed by atoms with E-state index in [0.29, 0.717) is 20.7 Å². The van der Waals surface area contributed by atoms with Gasteiger partial charge in [0.1, 0.15) is 5.01 Å². The van der Waals surface area contributed by atoms with E-state index in [9.17, 15) is 4.79 Å². The summed E-state index contributed by atoms with van der Waals surface area (Å²) in [5, 5.41) is 13.0. The summed E-state index contributed by atoms with van der Waals surface area (Å²) in [6.07, 6.45) is 1.98. The van der Waals surface area contributed by atoms with Gasteiger partial charge in [-0.05, 0) is 24.1 Å². The third kappa shape index (κ3) is 3.91. The Bertz CT molecular complexity index is 595. The number of hydrogen-bond acceptors (Lipinski definition) is 4. The van der Waals surface area contributed by atoms with E-state index in [2.05, 4.69) is 22.4 Å². The molecule has 0 unspecified atom stereocenters. The number of rotatable bonds is 5. The first-order valence-corrected chi connectivity index (χ1v) is 7.72. The van der Waals surface area contributed by atoms with Gasteiger partial charge >= 0.3 is 0 Å². The molecular weight excluding hydrogens is 317 g/mol. The normalized spacial score (nSPS) is 10.6. The van der Waals surface area contributed by atoms with Gasteiger partial charge in [0.15, 0.2) is 0 Å². The van der Waals surface area contributed by atoms with Crippen molar-refractivity contribution in [3.8, 4) is 0 Å². The Morgan fingerprint density at radius 1 is 1.30 bits per heavy atom. The Balaban J connectivity index is 2.01. The second-order valence-electron chi connectivity index (χ2n) is 4.18. The van der Waals surface area contributed by atoms with Crippen molar-refractivity contribution < 1.29 is 4.79 Å². The molecular formula is C13H13Cl2N3OS. The van der Waals surface area contributed by atoms with Gasteiger partial charge in [-0.25, -0.2) is 0 Å². The maximum atomic E-state index is 12.0. The fourth-order valence-corrected chi connectivity index (χ4v) is 3.03. The fourth-order valence-electron chi connectivity index (χ4n) is 1.64. The summed E-state index contributed by atoms with van der Waals surface area (Å²) in [4.78, 5) is 12.0. The maximum absolute atomic E-state index is 12.0. The van der Waals surface area contributed by atoms with Crippen LogP contribution in [0.2, 0.25) is 10.0 Å².